The van der Waals surface area contributed by atoms with Crippen LogP contribution in [0.5, 0.6) is 0 Å². The Hall–Kier alpha value is -2.94. The summed E-state index contributed by atoms with van der Waals surface area (Å²) < 4.78 is 5.08. The first-order valence-corrected chi connectivity index (χ1v) is 7.86. The van der Waals surface area contributed by atoms with Crippen molar-refractivity contribution in [3.8, 4) is 0 Å². The average molecular weight is 344 g/mol. The lowest BCUT2D eigenvalue weighted by Crippen LogP contribution is -2.26. The fourth-order valence-corrected chi connectivity index (χ4v) is 3.10. The number of furan rings is 1. The van der Waals surface area contributed by atoms with Gasteiger partial charge < -0.3 is 9.73 Å². The average Bonchev–Trinajstić information content (AvgIpc) is 3.18. The summed E-state index contributed by atoms with van der Waals surface area (Å²) in [7, 11) is 0. The van der Waals surface area contributed by atoms with E-state index in [-0.39, 0.29) is 18.0 Å². The van der Waals surface area contributed by atoms with Crippen LogP contribution >= 0.6 is 11.8 Å². The Balaban J connectivity index is 1.68. The van der Waals surface area contributed by atoms with Gasteiger partial charge in [0.15, 0.2) is 5.17 Å². The molecule has 1 aromatic carbocycles. The number of carbonyl (C=O) groups is 1. The fraction of sp³-hybridized carbons (Fsp3) is 0.133. The van der Waals surface area contributed by atoms with Gasteiger partial charge in [0, 0.05) is 18.1 Å². The molecular formula is C15H12N4O4S. The Morgan fingerprint density at radius 3 is 2.92 bits per heavy atom. The minimum Gasteiger partial charge on any atom is -0.463 e. The van der Waals surface area contributed by atoms with E-state index in [1.807, 2.05) is 0 Å². The molecule has 1 aliphatic heterocycles. The lowest BCUT2D eigenvalue weighted by atomic mass is 10.1. The highest BCUT2D eigenvalue weighted by molar-refractivity contribution is 8.15. The second-order valence-corrected chi connectivity index (χ2v) is 6.04. The zero-order chi connectivity index (χ0) is 16.9. The van der Waals surface area contributed by atoms with Crippen molar-refractivity contribution in [2.24, 2.45) is 10.2 Å². The standard InChI is InChI=1S/C15H12N4O4S/c20-14-13(8-10-4-1-2-6-12(10)19(21)22)24-15(17-14)18-16-9-11-5-3-7-23-11/h1-7,9,13H,8H2,(H,17,18,20)/b16-9-/t13-/m1/s1. The lowest BCUT2D eigenvalue weighted by Gasteiger charge is -2.05. The van der Waals surface area contributed by atoms with Crippen molar-refractivity contribution in [1.29, 1.82) is 0 Å². The van der Waals surface area contributed by atoms with E-state index in [1.165, 1.54) is 30.3 Å². The van der Waals surface area contributed by atoms with Gasteiger partial charge in [-0.15, -0.1) is 5.10 Å². The highest BCUT2D eigenvalue weighted by Gasteiger charge is 2.32. The van der Waals surface area contributed by atoms with Crippen molar-refractivity contribution in [3.63, 3.8) is 0 Å². The summed E-state index contributed by atoms with van der Waals surface area (Å²) in [4.78, 5) is 22.6. The van der Waals surface area contributed by atoms with Gasteiger partial charge in [-0.2, -0.15) is 5.10 Å². The Morgan fingerprint density at radius 2 is 2.17 bits per heavy atom. The summed E-state index contributed by atoms with van der Waals surface area (Å²) in [6.07, 6.45) is 3.19. The molecule has 0 unspecified atom stereocenters. The first-order valence-electron chi connectivity index (χ1n) is 6.98. The number of hydrogen-bond acceptors (Lipinski definition) is 7. The maximum atomic E-state index is 12.0. The number of nitrogens with one attached hydrogen (secondary N) is 1. The molecule has 0 radical (unpaired) electrons. The molecule has 0 saturated carbocycles. The summed E-state index contributed by atoms with van der Waals surface area (Å²) in [5, 5.41) is 21.3. The van der Waals surface area contributed by atoms with E-state index in [4.69, 9.17) is 4.42 Å². The first kappa shape index (κ1) is 15.9. The number of para-hydroxylation sites is 1. The van der Waals surface area contributed by atoms with Gasteiger partial charge in [-0.25, -0.2) is 0 Å². The fourth-order valence-electron chi connectivity index (χ4n) is 2.15. The molecular weight excluding hydrogens is 332 g/mol. The smallest absolute Gasteiger partial charge is 0.272 e. The monoisotopic (exact) mass is 344 g/mol. The Bertz CT molecular complexity index is 817. The Labute approximate surface area is 140 Å². The van der Waals surface area contributed by atoms with Crippen LogP contribution in [0.25, 0.3) is 0 Å². The molecule has 2 heterocycles. The number of amides is 1. The number of nitro benzene ring substituents is 1. The number of nitrogens with zero attached hydrogens (tertiary/aromatic N) is 3. The molecule has 1 amide bonds. The number of rotatable bonds is 5. The van der Waals surface area contributed by atoms with Gasteiger partial charge >= 0.3 is 0 Å². The summed E-state index contributed by atoms with van der Waals surface area (Å²) in [5.74, 6) is 0.301. The quantitative estimate of drug-likeness (QED) is 0.508. The van der Waals surface area contributed by atoms with Crippen LogP contribution in [0, 0.1) is 10.1 Å². The van der Waals surface area contributed by atoms with Gasteiger partial charge in [-0.3, -0.25) is 14.9 Å². The molecule has 1 aliphatic rings. The van der Waals surface area contributed by atoms with Crippen LogP contribution in [0.3, 0.4) is 0 Å². The van der Waals surface area contributed by atoms with Gasteiger partial charge in [-0.1, -0.05) is 30.0 Å². The largest absolute Gasteiger partial charge is 0.463 e. The summed E-state index contributed by atoms with van der Waals surface area (Å²) in [6.45, 7) is 0. The minimum absolute atomic E-state index is 0.00660. The molecule has 1 aromatic heterocycles. The van der Waals surface area contributed by atoms with Crippen molar-refractivity contribution in [3.05, 3.63) is 64.1 Å². The second-order valence-electron chi connectivity index (χ2n) is 4.85. The van der Waals surface area contributed by atoms with E-state index < -0.39 is 10.2 Å². The molecule has 122 valence electrons. The molecule has 1 saturated heterocycles. The summed E-state index contributed by atoms with van der Waals surface area (Å²) in [6, 6.07) is 9.83. The van der Waals surface area contributed by atoms with E-state index in [2.05, 4.69) is 15.5 Å². The SMILES string of the molecule is O=C1N/C(=N\N=C/c2ccco2)S[C@@H]1Cc1ccccc1[N+](=O)[O-]. The highest BCUT2D eigenvalue weighted by Crippen LogP contribution is 2.27. The summed E-state index contributed by atoms with van der Waals surface area (Å²) in [5.41, 5.74) is 0.516. The minimum atomic E-state index is -0.483. The van der Waals surface area contributed by atoms with Gasteiger partial charge in [0.05, 0.1) is 22.7 Å². The third-order valence-electron chi connectivity index (χ3n) is 3.25. The van der Waals surface area contributed by atoms with E-state index in [9.17, 15) is 14.9 Å². The van der Waals surface area contributed by atoms with E-state index in [1.54, 1.807) is 30.3 Å². The zero-order valence-electron chi connectivity index (χ0n) is 12.3. The predicted octanol–water partition coefficient (Wildman–Crippen LogP) is 2.35. The van der Waals surface area contributed by atoms with E-state index in [0.29, 0.717) is 16.5 Å². The maximum absolute atomic E-state index is 12.0. The van der Waals surface area contributed by atoms with Crippen LogP contribution in [-0.2, 0) is 11.2 Å². The lowest BCUT2D eigenvalue weighted by molar-refractivity contribution is -0.385. The molecule has 1 N–H and O–H groups in total. The molecule has 3 rings (SSSR count). The number of benzene rings is 1. The predicted molar refractivity (Wildman–Crippen MR) is 90.1 cm³/mol. The molecule has 24 heavy (non-hydrogen) atoms. The molecule has 0 aliphatic carbocycles. The van der Waals surface area contributed by atoms with Crippen molar-refractivity contribution < 1.29 is 14.1 Å². The van der Waals surface area contributed by atoms with Crippen LogP contribution in [0.2, 0.25) is 0 Å². The molecule has 0 bridgehead atoms. The molecule has 1 fully saturated rings. The van der Waals surface area contributed by atoms with Crippen LogP contribution in [0.15, 0.2) is 57.3 Å². The molecule has 0 spiro atoms. The van der Waals surface area contributed by atoms with Crippen molar-refractivity contribution in [2.75, 3.05) is 0 Å². The third-order valence-corrected chi connectivity index (χ3v) is 4.32. The van der Waals surface area contributed by atoms with Gasteiger partial charge in [0.2, 0.25) is 5.91 Å². The van der Waals surface area contributed by atoms with Crippen molar-refractivity contribution in [2.45, 2.75) is 11.7 Å². The number of carbonyl (C=O) groups excluding carboxylic acids is 1. The first-order chi connectivity index (χ1) is 11.6. The Kier molecular flexibility index (Phi) is 4.71. The van der Waals surface area contributed by atoms with Gasteiger partial charge in [0.1, 0.15) is 5.76 Å². The molecule has 2 aromatic rings. The third kappa shape index (κ3) is 3.69. The summed E-state index contributed by atoms with van der Waals surface area (Å²) >= 11 is 1.19. The number of amidine groups is 1. The van der Waals surface area contributed by atoms with Crippen LogP contribution in [-0.4, -0.2) is 27.5 Å². The van der Waals surface area contributed by atoms with Crippen molar-refractivity contribution >= 4 is 34.7 Å². The molecule has 1 atom stereocenters. The Morgan fingerprint density at radius 1 is 1.33 bits per heavy atom. The maximum Gasteiger partial charge on any atom is 0.272 e. The molecule has 8 nitrogen and oxygen atoms in total. The van der Waals surface area contributed by atoms with Crippen LogP contribution in [0.1, 0.15) is 11.3 Å². The number of hydrogen-bond donors (Lipinski definition) is 1. The van der Waals surface area contributed by atoms with Crippen LogP contribution in [0.4, 0.5) is 5.69 Å². The number of nitro groups is 1. The highest BCUT2D eigenvalue weighted by atomic mass is 32.2. The number of thioether (sulfide) groups is 1. The van der Waals surface area contributed by atoms with Crippen molar-refractivity contribution in [1.82, 2.24) is 5.32 Å². The van der Waals surface area contributed by atoms with Gasteiger partial charge in [0.25, 0.3) is 5.69 Å². The van der Waals surface area contributed by atoms with E-state index >= 15 is 0 Å². The van der Waals surface area contributed by atoms with Crippen LogP contribution < -0.4 is 5.32 Å². The van der Waals surface area contributed by atoms with Gasteiger partial charge in [-0.05, 0) is 12.1 Å². The second kappa shape index (κ2) is 7.09. The topological polar surface area (TPSA) is 110 Å². The van der Waals surface area contributed by atoms with E-state index in [0.717, 1.165) is 0 Å². The zero-order valence-corrected chi connectivity index (χ0v) is 13.1. The molecule has 9 heteroatoms. The normalized spacial score (nSPS) is 19.1.